The van der Waals surface area contributed by atoms with Crippen molar-refractivity contribution in [3.8, 4) is 5.75 Å². The topological polar surface area (TPSA) is 61.9 Å². The van der Waals surface area contributed by atoms with Gasteiger partial charge in [0, 0.05) is 42.6 Å². The van der Waals surface area contributed by atoms with Crippen molar-refractivity contribution in [2.45, 2.75) is 19.5 Å². The molecule has 5 rings (SSSR count). The number of hydrogen-bond donors (Lipinski definition) is 1. The Labute approximate surface area is 209 Å². The van der Waals surface area contributed by atoms with E-state index in [-0.39, 0.29) is 11.3 Å². The minimum Gasteiger partial charge on any atom is -0.507 e. The number of piperazine rings is 1. The van der Waals surface area contributed by atoms with E-state index in [1.807, 2.05) is 55.5 Å². The van der Waals surface area contributed by atoms with Crippen LogP contribution < -0.4 is 10.5 Å². The Morgan fingerprint density at radius 2 is 1.69 bits per heavy atom. The first kappa shape index (κ1) is 23.3. The summed E-state index contributed by atoms with van der Waals surface area (Å²) in [5, 5.41) is 11.7. The second-order valence-corrected chi connectivity index (χ2v) is 9.25. The highest BCUT2D eigenvalue weighted by atomic mass is 35.5. The standard InChI is InChI=1S/C28H28ClN3O3/c1-20-18-25(33)26(28(34)32(20)19-22-10-7-17-35-22)27(23-11-5-6-12-24(23)29)31-15-13-30(14-16-31)21-8-3-2-4-9-21/h2-12,17-18,27,33H,13-16,19H2,1H3/t27-/m1/s1. The van der Waals surface area contributed by atoms with E-state index in [1.54, 1.807) is 23.0 Å². The molecule has 0 radical (unpaired) electrons. The zero-order valence-electron chi connectivity index (χ0n) is 19.6. The van der Waals surface area contributed by atoms with E-state index < -0.39 is 6.04 Å². The Hall–Kier alpha value is -3.48. The molecule has 0 aliphatic carbocycles. The molecule has 35 heavy (non-hydrogen) atoms. The van der Waals surface area contributed by atoms with Crippen LogP contribution >= 0.6 is 11.6 Å². The lowest BCUT2D eigenvalue weighted by atomic mass is 9.95. The van der Waals surface area contributed by atoms with E-state index in [4.69, 9.17) is 16.0 Å². The normalized spacial score (nSPS) is 15.3. The van der Waals surface area contributed by atoms with E-state index >= 15 is 0 Å². The molecule has 1 fully saturated rings. The fourth-order valence-corrected chi connectivity index (χ4v) is 5.13. The van der Waals surface area contributed by atoms with Gasteiger partial charge < -0.3 is 19.0 Å². The van der Waals surface area contributed by atoms with E-state index in [0.717, 1.165) is 31.7 Å². The van der Waals surface area contributed by atoms with Gasteiger partial charge in [-0.15, -0.1) is 0 Å². The van der Waals surface area contributed by atoms with Gasteiger partial charge in [0.2, 0.25) is 0 Å². The van der Waals surface area contributed by atoms with Crippen LogP contribution in [0.2, 0.25) is 5.02 Å². The second kappa shape index (κ2) is 10.0. The van der Waals surface area contributed by atoms with Crippen molar-refractivity contribution in [1.82, 2.24) is 9.47 Å². The molecule has 1 aliphatic rings. The molecule has 4 aromatic rings. The van der Waals surface area contributed by atoms with Gasteiger partial charge in [-0.3, -0.25) is 9.69 Å². The summed E-state index contributed by atoms with van der Waals surface area (Å²) in [7, 11) is 0. The second-order valence-electron chi connectivity index (χ2n) is 8.84. The fraction of sp³-hybridized carbons (Fsp3) is 0.250. The molecule has 0 saturated carbocycles. The summed E-state index contributed by atoms with van der Waals surface area (Å²) in [5.41, 5.74) is 2.75. The maximum absolute atomic E-state index is 13.9. The molecular formula is C28H28ClN3O3. The maximum atomic E-state index is 13.9. The van der Waals surface area contributed by atoms with Crippen LogP contribution in [0.25, 0.3) is 0 Å². The summed E-state index contributed by atoms with van der Waals surface area (Å²) in [6.45, 7) is 5.15. The number of furan rings is 1. The SMILES string of the molecule is Cc1cc(O)c([C@@H](c2ccccc2Cl)N2CCN(c3ccccc3)CC2)c(=O)n1Cc1ccco1. The Morgan fingerprint density at radius 3 is 2.37 bits per heavy atom. The molecule has 0 unspecified atom stereocenters. The Morgan fingerprint density at radius 1 is 0.971 bits per heavy atom. The van der Waals surface area contributed by atoms with Crippen LogP contribution in [0.4, 0.5) is 5.69 Å². The van der Waals surface area contributed by atoms with Gasteiger partial charge in [0.05, 0.1) is 24.4 Å². The van der Waals surface area contributed by atoms with Crippen LogP contribution in [0, 0.1) is 6.92 Å². The number of aromatic hydroxyl groups is 1. The summed E-state index contributed by atoms with van der Waals surface area (Å²) in [4.78, 5) is 18.4. The van der Waals surface area contributed by atoms with E-state index in [1.165, 1.54) is 5.69 Å². The number of anilines is 1. The van der Waals surface area contributed by atoms with Crippen molar-refractivity contribution in [2.24, 2.45) is 0 Å². The zero-order valence-corrected chi connectivity index (χ0v) is 20.4. The fourth-order valence-electron chi connectivity index (χ4n) is 4.89. The Kier molecular flexibility index (Phi) is 6.66. The predicted molar refractivity (Wildman–Crippen MR) is 138 cm³/mol. The molecule has 1 aliphatic heterocycles. The van der Waals surface area contributed by atoms with Gasteiger partial charge in [-0.1, -0.05) is 48.0 Å². The van der Waals surface area contributed by atoms with Crippen molar-refractivity contribution < 1.29 is 9.52 Å². The Bertz CT molecular complexity index is 1340. The minimum absolute atomic E-state index is 0.0152. The summed E-state index contributed by atoms with van der Waals surface area (Å²) >= 11 is 6.66. The highest BCUT2D eigenvalue weighted by molar-refractivity contribution is 6.31. The quantitative estimate of drug-likeness (QED) is 0.410. The molecule has 1 atom stereocenters. The number of rotatable bonds is 6. The van der Waals surface area contributed by atoms with Gasteiger partial charge in [0.15, 0.2) is 0 Å². The summed E-state index contributed by atoms with van der Waals surface area (Å²) in [5.74, 6) is 0.663. The van der Waals surface area contributed by atoms with E-state index in [0.29, 0.717) is 28.6 Å². The van der Waals surface area contributed by atoms with Gasteiger partial charge in [-0.25, -0.2) is 0 Å². The molecule has 0 bridgehead atoms. The third-order valence-electron chi connectivity index (χ3n) is 6.69. The molecule has 2 aromatic heterocycles. The average molecular weight is 490 g/mol. The lowest BCUT2D eigenvalue weighted by Crippen LogP contribution is -2.49. The molecular weight excluding hydrogens is 462 g/mol. The first-order valence-electron chi connectivity index (χ1n) is 11.8. The molecule has 1 N–H and O–H groups in total. The van der Waals surface area contributed by atoms with Crippen LogP contribution in [0.5, 0.6) is 5.75 Å². The van der Waals surface area contributed by atoms with Crippen LogP contribution in [0.15, 0.2) is 88.3 Å². The third kappa shape index (κ3) is 4.72. The number of aromatic nitrogens is 1. The molecule has 180 valence electrons. The molecule has 2 aromatic carbocycles. The minimum atomic E-state index is -0.474. The third-order valence-corrected chi connectivity index (χ3v) is 7.04. The lowest BCUT2D eigenvalue weighted by molar-refractivity contribution is 0.207. The largest absolute Gasteiger partial charge is 0.507 e. The predicted octanol–water partition coefficient (Wildman–Crippen LogP) is 5.07. The first-order chi connectivity index (χ1) is 17.0. The van der Waals surface area contributed by atoms with Gasteiger partial charge in [0.1, 0.15) is 11.5 Å². The number of nitrogens with zero attached hydrogens (tertiary/aromatic N) is 3. The number of hydrogen-bond acceptors (Lipinski definition) is 5. The van der Waals surface area contributed by atoms with Crippen molar-refractivity contribution >= 4 is 17.3 Å². The van der Waals surface area contributed by atoms with Crippen molar-refractivity contribution in [3.05, 3.63) is 117 Å². The monoisotopic (exact) mass is 489 g/mol. The Balaban J connectivity index is 1.55. The molecule has 6 nitrogen and oxygen atoms in total. The van der Waals surface area contributed by atoms with Gasteiger partial charge in [0.25, 0.3) is 5.56 Å². The van der Waals surface area contributed by atoms with Crippen molar-refractivity contribution in [2.75, 3.05) is 31.1 Å². The van der Waals surface area contributed by atoms with Crippen LogP contribution in [0.1, 0.15) is 28.6 Å². The summed E-state index contributed by atoms with van der Waals surface area (Å²) < 4.78 is 7.14. The maximum Gasteiger partial charge on any atom is 0.260 e. The van der Waals surface area contributed by atoms with Gasteiger partial charge >= 0.3 is 0 Å². The van der Waals surface area contributed by atoms with Gasteiger partial charge in [-0.2, -0.15) is 0 Å². The van der Waals surface area contributed by atoms with Crippen LogP contribution in [-0.2, 0) is 6.54 Å². The summed E-state index contributed by atoms with van der Waals surface area (Å²) in [6, 6.07) is 22.7. The average Bonchev–Trinajstić information content (AvgIpc) is 3.39. The lowest BCUT2D eigenvalue weighted by Gasteiger charge is -2.40. The molecule has 3 heterocycles. The van der Waals surface area contributed by atoms with Crippen LogP contribution in [0.3, 0.4) is 0 Å². The number of benzene rings is 2. The smallest absolute Gasteiger partial charge is 0.260 e. The first-order valence-corrected chi connectivity index (χ1v) is 12.1. The molecule has 0 amide bonds. The van der Waals surface area contributed by atoms with Crippen molar-refractivity contribution in [3.63, 3.8) is 0 Å². The van der Waals surface area contributed by atoms with Crippen LogP contribution in [-0.4, -0.2) is 40.8 Å². The van der Waals surface area contributed by atoms with Gasteiger partial charge in [-0.05, 0) is 48.9 Å². The summed E-state index contributed by atoms with van der Waals surface area (Å²) in [6.07, 6.45) is 1.59. The number of pyridine rings is 1. The van der Waals surface area contributed by atoms with E-state index in [9.17, 15) is 9.90 Å². The molecule has 0 spiro atoms. The molecule has 7 heteroatoms. The van der Waals surface area contributed by atoms with E-state index in [2.05, 4.69) is 21.9 Å². The number of halogens is 1. The zero-order chi connectivity index (χ0) is 24.4. The number of aryl methyl sites for hydroxylation is 1. The molecule has 1 saturated heterocycles. The highest BCUT2D eigenvalue weighted by Gasteiger charge is 2.32. The highest BCUT2D eigenvalue weighted by Crippen LogP contribution is 2.37. The van der Waals surface area contributed by atoms with Crippen molar-refractivity contribution in [1.29, 1.82) is 0 Å². The number of para-hydroxylation sites is 1.